The summed E-state index contributed by atoms with van der Waals surface area (Å²) in [5.74, 6) is 0. The van der Waals surface area contributed by atoms with E-state index in [4.69, 9.17) is 5.73 Å². The summed E-state index contributed by atoms with van der Waals surface area (Å²) in [4.78, 5) is 11.0. The molecule has 0 spiro atoms. The molecule has 1 rings (SSSR count). The summed E-state index contributed by atoms with van der Waals surface area (Å²) in [6.07, 6.45) is 3.86. The third-order valence-corrected chi connectivity index (χ3v) is 3.76. The highest BCUT2D eigenvalue weighted by Gasteiger charge is 2.09. The maximum Gasteiger partial charge on any atom is 0.0840 e. The van der Waals surface area contributed by atoms with Crippen molar-refractivity contribution in [2.45, 2.75) is 27.7 Å². The van der Waals surface area contributed by atoms with Gasteiger partial charge in [-0.2, -0.15) is 0 Å². The molecular formula is C19H28N4. The van der Waals surface area contributed by atoms with E-state index in [1.807, 2.05) is 38.1 Å². The predicted octanol–water partition coefficient (Wildman–Crippen LogP) is 4.19. The van der Waals surface area contributed by atoms with Gasteiger partial charge in [-0.05, 0) is 52.0 Å². The highest BCUT2D eigenvalue weighted by atomic mass is 15.1. The second-order valence-electron chi connectivity index (χ2n) is 5.20. The van der Waals surface area contributed by atoms with Crippen molar-refractivity contribution in [3.63, 3.8) is 0 Å². The molecule has 0 aromatic heterocycles. The normalized spacial score (nSPS) is 12.7. The van der Waals surface area contributed by atoms with Crippen LogP contribution >= 0.6 is 0 Å². The molecule has 2 N–H and O–H groups in total. The SMILES string of the molecule is C=C(N=C(/C=C\C)C(C)=NC)c1ccc(N(CC)CC)cc1N. The van der Waals surface area contributed by atoms with Crippen LogP contribution in [-0.2, 0) is 0 Å². The van der Waals surface area contributed by atoms with E-state index in [9.17, 15) is 0 Å². The van der Waals surface area contributed by atoms with Crippen molar-refractivity contribution in [3.05, 3.63) is 42.5 Å². The lowest BCUT2D eigenvalue weighted by Gasteiger charge is -2.22. The smallest absolute Gasteiger partial charge is 0.0840 e. The number of hydrogen-bond acceptors (Lipinski definition) is 4. The largest absolute Gasteiger partial charge is 0.398 e. The van der Waals surface area contributed by atoms with Crippen LogP contribution in [0.15, 0.2) is 46.9 Å². The molecule has 1 aromatic rings. The third-order valence-electron chi connectivity index (χ3n) is 3.76. The van der Waals surface area contributed by atoms with Crippen LogP contribution in [0, 0.1) is 0 Å². The minimum absolute atomic E-state index is 0.643. The van der Waals surface area contributed by atoms with Gasteiger partial charge in [0.05, 0.1) is 17.1 Å². The fourth-order valence-electron chi connectivity index (χ4n) is 2.32. The number of aliphatic imine (C=N–C) groups is 2. The Kier molecular flexibility index (Phi) is 7.26. The molecule has 0 aliphatic carbocycles. The Morgan fingerprint density at radius 2 is 1.96 bits per heavy atom. The van der Waals surface area contributed by atoms with E-state index < -0.39 is 0 Å². The molecule has 4 heteroatoms. The van der Waals surface area contributed by atoms with Crippen molar-refractivity contribution in [1.82, 2.24) is 0 Å². The van der Waals surface area contributed by atoms with Crippen molar-refractivity contribution in [1.29, 1.82) is 0 Å². The first-order valence-corrected chi connectivity index (χ1v) is 7.97. The second kappa shape index (κ2) is 8.93. The van der Waals surface area contributed by atoms with Gasteiger partial charge in [-0.3, -0.25) is 4.99 Å². The molecule has 124 valence electrons. The van der Waals surface area contributed by atoms with Crippen LogP contribution in [0.2, 0.25) is 0 Å². The first-order valence-electron chi connectivity index (χ1n) is 7.97. The minimum atomic E-state index is 0.643. The van der Waals surface area contributed by atoms with Crippen LogP contribution in [0.1, 0.15) is 33.3 Å². The molecule has 0 heterocycles. The lowest BCUT2D eigenvalue weighted by atomic mass is 10.1. The van der Waals surface area contributed by atoms with Crippen LogP contribution in [0.4, 0.5) is 11.4 Å². The van der Waals surface area contributed by atoms with Crippen molar-refractivity contribution < 1.29 is 0 Å². The van der Waals surface area contributed by atoms with Crippen LogP contribution in [0.5, 0.6) is 0 Å². The summed E-state index contributed by atoms with van der Waals surface area (Å²) in [6, 6.07) is 6.04. The summed E-state index contributed by atoms with van der Waals surface area (Å²) >= 11 is 0. The van der Waals surface area contributed by atoms with Gasteiger partial charge in [0.25, 0.3) is 0 Å². The quantitative estimate of drug-likeness (QED) is 0.606. The van der Waals surface area contributed by atoms with Gasteiger partial charge in [0.15, 0.2) is 0 Å². The van der Waals surface area contributed by atoms with Crippen molar-refractivity contribution in [2.75, 3.05) is 30.8 Å². The number of anilines is 2. The van der Waals surface area contributed by atoms with E-state index in [1.54, 1.807) is 7.05 Å². The van der Waals surface area contributed by atoms with Crippen LogP contribution in [-0.4, -0.2) is 31.6 Å². The second-order valence-corrected chi connectivity index (χ2v) is 5.20. The maximum atomic E-state index is 6.22. The zero-order valence-corrected chi connectivity index (χ0v) is 14.9. The molecule has 4 nitrogen and oxygen atoms in total. The zero-order chi connectivity index (χ0) is 17.4. The van der Waals surface area contributed by atoms with E-state index in [-0.39, 0.29) is 0 Å². The molecule has 1 aromatic carbocycles. The van der Waals surface area contributed by atoms with Gasteiger partial charge in [-0.1, -0.05) is 12.7 Å². The van der Waals surface area contributed by atoms with Crippen LogP contribution in [0.3, 0.4) is 0 Å². The topological polar surface area (TPSA) is 54.0 Å². The molecule has 0 saturated carbocycles. The summed E-state index contributed by atoms with van der Waals surface area (Å²) in [6.45, 7) is 14.1. The number of rotatable bonds is 7. The monoisotopic (exact) mass is 312 g/mol. The summed E-state index contributed by atoms with van der Waals surface area (Å²) in [7, 11) is 1.75. The van der Waals surface area contributed by atoms with Gasteiger partial charge in [0.2, 0.25) is 0 Å². The Bertz CT molecular complexity index is 635. The fraction of sp³-hybridized carbons (Fsp3) is 0.368. The Labute approximate surface area is 140 Å². The Hall–Kier alpha value is -2.36. The maximum absolute atomic E-state index is 6.22. The molecule has 0 amide bonds. The molecule has 0 saturated heterocycles. The van der Waals surface area contributed by atoms with Gasteiger partial charge >= 0.3 is 0 Å². The first-order chi connectivity index (χ1) is 11.0. The highest BCUT2D eigenvalue weighted by Crippen LogP contribution is 2.27. The molecule has 0 fully saturated rings. The summed E-state index contributed by atoms with van der Waals surface area (Å²) < 4.78 is 0. The average molecular weight is 312 g/mol. The zero-order valence-electron chi connectivity index (χ0n) is 14.9. The Balaban J connectivity index is 3.18. The van der Waals surface area contributed by atoms with Crippen molar-refractivity contribution in [3.8, 4) is 0 Å². The van der Waals surface area contributed by atoms with Crippen molar-refractivity contribution >= 4 is 28.5 Å². The first kappa shape index (κ1) is 18.7. The highest BCUT2D eigenvalue weighted by molar-refractivity contribution is 6.46. The van der Waals surface area contributed by atoms with E-state index in [0.717, 1.165) is 35.8 Å². The Morgan fingerprint density at radius 3 is 2.43 bits per heavy atom. The lowest BCUT2D eigenvalue weighted by molar-refractivity contribution is 0.866. The molecule has 0 aliphatic heterocycles. The molecule has 0 unspecified atom stereocenters. The van der Waals surface area contributed by atoms with Gasteiger partial charge in [-0.15, -0.1) is 0 Å². The number of hydrogen-bond donors (Lipinski definition) is 1. The predicted molar refractivity (Wildman–Crippen MR) is 105 cm³/mol. The van der Waals surface area contributed by atoms with Crippen LogP contribution in [0.25, 0.3) is 5.70 Å². The Morgan fingerprint density at radius 1 is 1.30 bits per heavy atom. The number of allylic oxidation sites excluding steroid dienone is 2. The molecule has 0 radical (unpaired) electrons. The number of benzene rings is 1. The molecule has 0 bridgehead atoms. The standard InChI is InChI=1S/C19H28N4/c1-7-10-19(15(5)21-6)22-14(4)17-12-11-16(13-18(17)20)23(8-2)9-3/h7,10-13H,4,8-9,20H2,1-3,5-6H3/b10-7-,21-15?,22-19?. The van der Waals surface area contributed by atoms with E-state index >= 15 is 0 Å². The number of nitrogens with two attached hydrogens (primary N) is 1. The van der Waals surface area contributed by atoms with E-state index in [0.29, 0.717) is 11.4 Å². The van der Waals surface area contributed by atoms with E-state index in [2.05, 4.69) is 41.4 Å². The van der Waals surface area contributed by atoms with Crippen molar-refractivity contribution in [2.24, 2.45) is 9.98 Å². The number of nitrogen functional groups attached to an aromatic ring is 1. The molecule has 23 heavy (non-hydrogen) atoms. The average Bonchev–Trinajstić information content (AvgIpc) is 2.54. The fourth-order valence-corrected chi connectivity index (χ4v) is 2.32. The van der Waals surface area contributed by atoms with E-state index in [1.165, 1.54) is 0 Å². The molecule has 0 aliphatic rings. The van der Waals surface area contributed by atoms with Crippen LogP contribution < -0.4 is 10.6 Å². The van der Waals surface area contributed by atoms with Gasteiger partial charge in [-0.25, -0.2) is 4.99 Å². The lowest BCUT2D eigenvalue weighted by Crippen LogP contribution is -2.21. The number of nitrogens with zero attached hydrogens (tertiary/aromatic N) is 3. The summed E-state index contributed by atoms with van der Waals surface area (Å²) in [5, 5.41) is 0. The summed E-state index contributed by atoms with van der Waals surface area (Å²) in [5.41, 5.74) is 11.2. The molecular weight excluding hydrogens is 284 g/mol. The third kappa shape index (κ3) is 4.81. The van der Waals surface area contributed by atoms with Gasteiger partial charge in [0.1, 0.15) is 0 Å². The van der Waals surface area contributed by atoms with Gasteiger partial charge in [0, 0.05) is 37.1 Å². The minimum Gasteiger partial charge on any atom is -0.398 e. The molecule has 0 atom stereocenters. The van der Waals surface area contributed by atoms with Gasteiger partial charge < -0.3 is 10.6 Å².